The summed E-state index contributed by atoms with van der Waals surface area (Å²) in [5.74, 6) is -0.778. The van der Waals surface area contributed by atoms with E-state index in [4.69, 9.17) is 9.84 Å². The van der Waals surface area contributed by atoms with Crippen LogP contribution in [0.1, 0.15) is 32.1 Å². The first kappa shape index (κ1) is 12.0. The molecule has 3 fully saturated rings. The second-order valence-corrected chi connectivity index (χ2v) is 5.82. The van der Waals surface area contributed by atoms with E-state index in [1.807, 2.05) is 0 Å². The standard InChI is InChI=1S/C13H19NO4/c15-11(16)8-14(9-1-2-9)12(17)10-7-13(10)3-5-18-6-4-13/h9-10H,1-8H2,(H,15,16). The Morgan fingerprint density at radius 3 is 2.50 bits per heavy atom. The first-order valence-corrected chi connectivity index (χ1v) is 6.72. The summed E-state index contributed by atoms with van der Waals surface area (Å²) in [4.78, 5) is 24.9. The molecule has 0 aromatic heterocycles. The summed E-state index contributed by atoms with van der Waals surface area (Å²) in [5, 5.41) is 8.90. The fraction of sp³-hybridized carbons (Fsp3) is 0.846. The van der Waals surface area contributed by atoms with Crippen LogP contribution >= 0.6 is 0 Å². The molecule has 100 valence electrons. The fourth-order valence-corrected chi connectivity index (χ4v) is 3.15. The van der Waals surface area contributed by atoms with Crippen LogP contribution in [0.15, 0.2) is 0 Å². The quantitative estimate of drug-likeness (QED) is 0.807. The Labute approximate surface area is 106 Å². The monoisotopic (exact) mass is 253 g/mol. The third-order valence-electron chi connectivity index (χ3n) is 4.55. The first-order valence-electron chi connectivity index (χ1n) is 6.72. The molecule has 0 bridgehead atoms. The van der Waals surface area contributed by atoms with Crippen LogP contribution in [0, 0.1) is 11.3 Å². The van der Waals surface area contributed by atoms with Gasteiger partial charge in [0.15, 0.2) is 0 Å². The Morgan fingerprint density at radius 1 is 1.28 bits per heavy atom. The minimum atomic E-state index is -0.906. The molecule has 1 spiro atoms. The van der Waals surface area contributed by atoms with Crippen molar-refractivity contribution < 1.29 is 19.4 Å². The molecule has 3 aliphatic rings. The lowest BCUT2D eigenvalue weighted by Crippen LogP contribution is -2.39. The predicted molar refractivity (Wildman–Crippen MR) is 63.0 cm³/mol. The molecule has 1 aliphatic heterocycles. The Morgan fingerprint density at radius 2 is 1.94 bits per heavy atom. The Bertz CT molecular complexity index is 371. The summed E-state index contributed by atoms with van der Waals surface area (Å²) >= 11 is 0. The van der Waals surface area contributed by atoms with Crippen LogP contribution in [0.3, 0.4) is 0 Å². The van der Waals surface area contributed by atoms with Crippen LogP contribution in [0.4, 0.5) is 0 Å². The minimum Gasteiger partial charge on any atom is -0.480 e. The second kappa shape index (κ2) is 4.23. The number of carboxylic acids is 1. The van der Waals surface area contributed by atoms with Crippen molar-refractivity contribution >= 4 is 11.9 Å². The average Bonchev–Trinajstić information content (AvgIpc) is 3.23. The van der Waals surface area contributed by atoms with E-state index in [1.165, 1.54) is 0 Å². The van der Waals surface area contributed by atoms with E-state index >= 15 is 0 Å². The summed E-state index contributed by atoms with van der Waals surface area (Å²) < 4.78 is 5.34. The molecule has 2 saturated carbocycles. The van der Waals surface area contributed by atoms with E-state index in [0.717, 1.165) is 45.3 Å². The number of nitrogens with zero attached hydrogens (tertiary/aromatic N) is 1. The molecule has 1 unspecified atom stereocenters. The lowest BCUT2D eigenvalue weighted by atomic mass is 9.93. The topological polar surface area (TPSA) is 66.8 Å². The molecule has 5 heteroatoms. The van der Waals surface area contributed by atoms with Crippen molar-refractivity contribution in [2.45, 2.75) is 38.1 Å². The van der Waals surface area contributed by atoms with Gasteiger partial charge >= 0.3 is 5.97 Å². The summed E-state index contributed by atoms with van der Waals surface area (Å²) in [6.45, 7) is 1.35. The molecule has 0 aromatic carbocycles. The van der Waals surface area contributed by atoms with Crippen LogP contribution < -0.4 is 0 Å². The fourth-order valence-electron chi connectivity index (χ4n) is 3.15. The molecule has 1 saturated heterocycles. The van der Waals surface area contributed by atoms with Gasteiger partial charge in [-0.05, 0) is 37.5 Å². The highest BCUT2D eigenvalue weighted by molar-refractivity contribution is 5.86. The zero-order valence-electron chi connectivity index (χ0n) is 10.4. The molecule has 2 aliphatic carbocycles. The number of hydrogen-bond acceptors (Lipinski definition) is 3. The largest absolute Gasteiger partial charge is 0.480 e. The summed E-state index contributed by atoms with van der Waals surface area (Å²) in [5.41, 5.74) is 0.140. The average molecular weight is 253 g/mol. The highest BCUT2D eigenvalue weighted by Crippen LogP contribution is 2.60. The third kappa shape index (κ3) is 2.11. The van der Waals surface area contributed by atoms with Gasteiger partial charge in [0, 0.05) is 25.2 Å². The van der Waals surface area contributed by atoms with Crippen molar-refractivity contribution in [2.75, 3.05) is 19.8 Å². The van der Waals surface area contributed by atoms with E-state index in [-0.39, 0.29) is 29.8 Å². The van der Waals surface area contributed by atoms with E-state index < -0.39 is 5.97 Å². The van der Waals surface area contributed by atoms with E-state index in [9.17, 15) is 9.59 Å². The van der Waals surface area contributed by atoms with Crippen molar-refractivity contribution in [3.05, 3.63) is 0 Å². The van der Waals surface area contributed by atoms with Gasteiger partial charge in [-0.1, -0.05) is 0 Å². The minimum absolute atomic E-state index is 0.0568. The number of ether oxygens (including phenoxy) is 1. The molecule has 1 N–H and O–H groups in total. The normalized spacial score (nSPS) is 29.0. The first-order chi connectivity index (χ1) is 8.62. The summed E-state index contributed by atoms with van der Waals surface area (Å²) in [6, 6.07) is 0.186. The van der Waals surface area contributed by atoms with E-state index in [0.29, 0.717) is 0 Å². The van der Waals surface area contributed by atoms with Crippen LogP contribution in [0.25, 0.3) is 0 Å². The van der Waals surface area contributed by atoms with Crippen molar-refractivity contribution in [3.63, 3.8) is 0 Å². The lowest BCUT2D eigenvalue weighted by Gasteiger charge is -2.25. The summed E-state index contributed by atoms with van der Waals surface area (Å²) in [7, 11) is 0. The van der Waals surface area contributed by atoms with Crippen LogP contribution in [-0.4, -0.2) is 47.7 Å². The van der Waals surface area contributed by atoms with Gasteiger partial charge in [-0.3, -0.25) is 9.59 Å². The molecule has 0 aromatic rings. The molecular formula is C13H19NO4. The van der Waals surface area contributed by atoms with Crippen molar-refractivity contribution in [3.8, 4) is 0 Å². The van der Waals surface area contributed by atoms with Crippen molar-refractivity contribution in [1.29, 1.82) is 0 Å². The molecule has 1 amide bonds. The SMILES string of the molecule is O=C(O)CN(C(=O)C1CC12CCOCC2)C1CC1. The van der Waals surface area contributed by atoms with Gasteiger partial charge in [0.2, 0.25) is 5.91 Å². The van der Waals surface area contributed by atoms with E-state index in [2.05, 4.69) is 0 Å². The van der Waals surface area contributed by atoms with Gasteiger partial charge in [0.25, 0.3) is 0 Å². The van der Waals surface area contributed by atoms with Crippen LogP contribution in [0.2, 0.25) is 0 Å². The maximum Gasteiger partial charge on any atom is 0.323 e. The molecule has 1 atom stereocenters. The zero-order valence-corrected chi connectivity index (χ0v) is 10.4. The van der Waals surface area contributed by atoms with Crippen LogP contribution in [0.5, 0.6) is 0 Å². The van der Waals surface area contributed by atoms with Gasteiger partial charge in [-0.25, -0.2) is 0 Å². The number of hydrogen-bond donors (Lipinski definition) is 1. The number of carbonyl (C=O) groups is 2. The highest BCUT2D eigenvalue weighted by atomic mass is 16.5. The Kier molecular flexibility index (Phi) is 2.81. The van der Waals surface area contributed by atoms with Crippen molar-refractivity contribution in [1.82, 2.24) is 4.90 Å². The maximum absolute atomic E-state index is 12.4. The molecular weight excluding hydrogens is 234 g/mol. The molecule has 0 radical (unpaired) electrons. The Hall–Kier alpha value is -1.10. The summed E-state index contributed by atoms with van der Waals surface area (Å²) in [6.07, 6.45) is 4.76. The van der Waals surface area contributed by atoms with E-state index in [1.54, 1.807) is 4.90 Å². The van der Waals surface area contributed by atoms with Gasteiger partial charge in [-0.15, -0.1) is 0 Å². The van der Waals surface area contributed by atoms with Crippen molar-refractivity contribution in [2.24, 2.45) is 11.3 Å². The second-order valence-electron chi connectivity index (χ2n) is 5.82. The number of amides is 1. The Balaban J connectivity index is 1.64. The number of carbonyl (C=O) groups excluding carboxylic acids is 1. The van der Waals surface area contributed by atoms with Crippen LogP contribution in [-0.2, 0) is 14.3 Å². The predicted octanol–water partition coefficient (Wildman–Crippen LogP) is 0.879. The maximum atomic E-state index is 12.4. The number of rotatable bonds is 4. The number of carboxylic acid groups (broad SMARTS) is 1. The third-order valence-corrected chi connectivity index (χ3v) is 4.55. The zero-order chi connectivity index (χ0) is 12.8. The molecule has 3 rings (SSSR count). The van der Waals surface area contributed by atoms with Gasteiger partial charge in [-0.2, -0.15) is 0 Å². The smallest absolute Gasteiger partial charge is 0.323 e. The van der Waals surface area contributed by atoms with Gasteiger partial charge in [0.05, 0.1) is 0 Å². The molecule has 1 heterocycles. The van der Waals surface area contributed by atoms with Gasteiger partial charge in [0.1, 0.15) is 6.54 Å². The number of aliphatic carboxylic acids is 1. The molecule has 18 heavy (non-hydrogen) atoms. The van der Waals surface area contributed by atoms with Gasteiger partial charge < -0.3 is 14.7 Å². The highest BCUT2D eigenvalue weighted by Gasteiger charge is 2.59. The lowest BCUT2D eigenvalue weighted by molar-refractivity contribution is -0.146. The molecule has 5 nitrogen and oxygen atoms in total.